The molecule has 2 aromatic carbocycles. The van der Waals surface area contributed by atoms with Crippen LogP contribution in [0.3, 0.4) is 0 Å². The Balaban J connectivity index is 1.46. The zero-order valence-corrected chi connectivity index (χ0v) is 20.6. The van der Waals surface area contributed by atoms with Crippen molar-refractivity contribution in [3.8, 4) is 11.3 Å². The molecule has 0 bridgehead atoms. The number of aliphatic imine (C=N–C) groups is 2. The summed E-state index contributed by atoms with van der Waals surface area (Å²) in [7, 11) is 0. The molecular formula is C24H25FN8O3S. The van der Waals surface area contributed by atoms with Crippen LogP contribution in [0.1, 0.15) is 17.5 Å². The second-order valence-electron chi connectivity index (χ2n) is 8.59. The third kappa shape index (κ3) is 5.06. The molecule has 192 valence electrons. The predicted octanol–water partition coefficient (Wildman–Crippen LogP) is 2.35. The van der Waals surface area contributed by atoms with Crippen LogP contribution in [0.2, 0.25) is 0 Å². The molecule has 0 radical (unpaired) electrons. The molecular weight excluding hydrogens is 499 g/mol. The number of thiazole rings is 1. The molecule has 0 amide bonds. The molecule has 4 unspecified atom stereocenters. The molecule has 3 heterocycles. The minimum Gasteiger partial charge on any atom is -0.396 e. The lowest BCUT2D eigenvalue weighted by atomic mass is 9.95. The van der Waals surface area contributed by atoms with Crippen molar-refractivity contribution in [1.29, 1.82) is 0 Å². The van der Waals surface area contributed by atoms with E-state index in [0.717, 1.165) is 21.6 Å². The molecule has 4 aromatic rings. The smallest absolute Gasteiger partial charge is 0.159 e. The van der Waals surface area contributed by atoms with Crippen molar-refractivity contribution >= 4 is 45.1 Å². The third-order valence-corrected chi connectivity index (χ3v) is 7.05. The number of aromatic nitrogens is 4. The second-order valence-corrected chi connectivity index (χ2v) is 9.83. The van der Waals surface area contributed by atoms with Gasteiger partial charge in [-0.25, -0.2) is 24.0 Å². The zero-order valence-electron chi connectivity index (χ0n) is 19.8. The summed E-state index contributed by atoms with van der Waals surface area (Å²) in [5.74, 6) is -0.287. The van der Waals surface area contributed by atoms with Gasteiger partial charge in [-0.3, -0.25) is 0 Å². The number of ether oxygens (including phenoxy) is 1. The first-order chi connectivity index (χ1) is 17.9. The number of aryl methyl sites for hydroxylation is 1. The highest BCUT2D eigenvalue weighted by Crippen LogP contribution is 2.33. The fourth-order valence-corrected chi connectivity index (χ4v) is 5.14. The van der Waals surface area contributed by atoms with E-state index in [-0.39, 0.29) is 17.9 Å². The number of benzene rings is 2. The van der Waals surface area contributed by atoms with Crippen LogP contribution in [0, 0.1) is 12.7 Å². The summed E-state index contributed by atoms with van der Waals surface area (Å²) in [5, 5.41) is 30.1. The summed E-state index contributed by atoms with van der Waals surface area (Å²) in [4.78, 5) is 13.3. The lowest BCUT2D eigenvalue weighted by Crippen LogP contribution is -2.49. The summed E-state index contributed by atoms with van der Waals surface area (Å²) >= 11 is 1.56. The summed E-state index contributed by atoms with van der Waals surface area (Å²) in [6.45, 7) is 1.50. The average Bonchev–Trinajstić information content (AvgIpc) is 3.51. The highest BCUT2D eigenvalue weighted by atomic mass is 32.1. The molecule has 0 aliphatic carbocycles. The predicted molar refractivity (Wildman–Crippen MR) is 139 cm³/mol. The van der Waals surface area contributed by atoms with Crippen molar-refractivity contribution < 1.29 is 19.3 Å². The Morgan fingerprint density at radius 1 is 1.32 bits per heavy atom. The Bertz CT molecular complexity index is 1490. The Kier molecular flexibility index (Phi) is 6.93. The van der Waals surface area contributed by atoms with E-state index in [9.17, 15) is 14.6 Å². The van der Waals surface area contributed by atoms with Gasteiger partial charge in [0.15, 0.2) is 5.84 Å². The Morgan fingerprint density at radius 3 is 2.92 bits per heavy atom. The number of fused-ring (bicyclic) bond motifs is 1. The molecule has 0 saturated carbocycles. The SMILES string of the molecule is Cc1nc2ccc(N=C(N=CN)C3CC(n4cc(-c5ccc(N)c(F)c5)nn4)C(O)C(CO)O3)cc2s1. The Hall–Kier alpha value is -3.78. The van der Waals surface area contributed by atoms with Crippen LogP contribution in [-0.2, 0) is 4.74 Å². The fourth-order valence-electron chi connectivity index (χ4n) is 4.28. The lowest BCUT2D eigenvalue weighted by molar-refractivity contribution is -0.137. The van der Waals surface area contributed by atoms with Gasteiger partial charge in [-0.1, -0.05) is 11.3 Å². The fraction of sp³-hybridized carbons (Fsp3) is 0.292. The number of rotatable bonds is 5. The number of nitrogen functional groups attached to an aromatic ring is 1. The van der Waals surface area contributed by atoms with Crippen molar-refractivity contribution in [3.63, 3.8) is 0 Å². The maximum absolute atomic E-state index is 14.0. The highest BCUT2D eigenvalue weighted by molar-refractivity contribution is 7.18. The maximum Gasteiger partial charge on any atom is 0.159 e. The summed E-state index contributed by atoms with van der Waals surface area (Å²) < 4.78 is 22.4. The molecule has 1 saturated heterocycles. The van der Waals surface area contributed by atoms with E-state index in [1.807, 2.05) is 25.1 Å². The van der Waals surface area contributed by atoms with Gasteiger partial charge in [0.2, 0.25) is 0 Å². The van der Waals surface area contributed by atoms with Crippen LogP contribution in [0.15, 0.2) is 52.6 Å². The number of hydrogen-bond donors (Lipinski definition) is 4. The maximum atomic E-state index is 14.0. The van der Waals surface area contributed by atoms with Gasteiger partial charge in [-0.2, -0.15) is 0 Å². The molecule has 1 fully saturated rings. The molecule has 0 spiro atoms. The van der Waals surface area contributed by atoms with Gasteiger partial charge in [0.1, 0.15) is 29.8 Å². The second kappa shape index (κ2) is 10.3. The van der Waals surface area contributed by atoms with Gasteiger partial charge in [0.05, 0.1) is 51.8 Å². The minimum atomic E-state index is -1.10. The van der Waals surface area contributed by atoms with Crippen LogP contribution in [0.4, 0.5) is 15.8 Å². The first-order valence-electron chi connectivity index (χ1n) is 11.5. The van der Waals surface area contributed by atoms with Crippen molar-refractivity contribution in [3.05, 3.63) is 53.4 Å². The zero-order chi connectivity index (χ0) is 26.1. The van der Waals surface area contributed by atoms with Gasteiger partial charge in [0.25, 0.3) is 0 Å². The number of anilines is 1. The molecule has 37 heavy (non-hydrogen) atoms. The number of hydrogen-bond acceptors (Lipinski definition) is 9. The molecule has 4 atom stereocenters. The van der Waals surface area contributed by atoms with Crippen molar-refractivity contribution in [2.45, 2.75) is 37.7 Å². The molecule has 13 heteroatoms. The van der Waals surface area contributed by atoms with E-state index in [1.165, 1.54) is 16.8 Å². The van der Waals surface area contributed by atoms with E-state index in [0.29, 0.717) is 16.9 Å². The topological polar surface area (TPSA) is 170 Å². The average molecular weight is 525 g/mol. The van der Waals surface area contributed by atoms with Crippen LogP contribution < -0.4 is 11.5 Å². The van der Waals surface area contributed by atoms with Crippen molar-refractivity contribution in [2.75, 3.05) is 12.3 Å². The van der Waals surface area contributed by atoms with E-state index in [1.54, 1.807) is 23.6 Å². The van der Waals surface area contributed by atoms with Gasteiger partial charge in [0, 0.05) is 12.0 Å². The molecule has 1 aliphatic rings. The van der Waals surface area contributed by atoms with E-state index < -0.39 is 36.8 Å². The Labute approximate surface area is 214 Å². The highest BCUT2D eigenvalue weighted by Gasteiger charge is 2.41. The number of nitrogens with two attached hydrogens (primary N) is 2. The van der Waals surface area contributed by atoms with E-state index in [4.69, 9.17) is 16.2 Å². The molecule has 2 aromatic heterocycles. The number of aliphatic hydroxyl groups excluding tert-OH is 2. The summed E-state index contributed by atoms with van der Waals surface area (Å²) in [6, 6.07) is 9.31. The van der Waals surface area contributed by atoms with Gasteiger partial charge >= 0.3 is 0 Å². The Morgan fingerprint density at radius 2 is 2.16 bits per heavy atom. The van der Waals surface area contributed by atoms with Crippen molar-refractivity contribution in [2.24, 2.45) is 15.7 Å². The normalized spacial score (nSPS) is 22.8. The third-order valence-electron chi connectivity index (χ3n) is 6.11. The summed E-state index contributed by atoms with van der Waals surface area (Å²) in [6.07, 6.45) is 0.182. The van der Waals surface area contributed by atoms with Crippen molar-refractivity contribution in [1.82, 2.24) is 20.0 Å². The first-order valence-corrected chi connectivity index (χ1v) is 12.3. The quantitative estimate of drug-likeness (QED) is 0.175. The van der Waals surface area contributed by atoms with Crippen LogP contribution in [0.25, 0.3) is 21.5 Å². The van der Waals surface area contributed by atoms with E-state index in [2.05, 4.69) is 25.3 Å². The molecule has 5 rings (SSSR count). The number of nitrogens with zero attached hydrogens (tertiary/aromatic N) is 6. The van der Waals surface area contributed by atoms with Crippen LogP contribution in [-0.4, -0.2) is 67.3 Å². The number of amidine groups is 1. The molecule has 1 aliphatic heterocycles. The standard InChI is InChI=1S/C24H25FN8O3S/c1-12-29-17-5-3-14(7-22(17)37-12)30-24(28-11-26)20-8-19(23(35)21(10-34)36-20)33-9-18(31-32-33)13-2-4-16(27)15(25)6-13/h2-7,9,11,19-21,23,34-35H,8,10,27H2,1H3,(H2,26,28,30). The molecule has 11 nitrogen and oxygen atoms in total. The summed E-state index contributed by atoms with van der Waals surface area (Å²) in [5.41, 5.74) is 13.6. The number of aliphatic hydroxyl groups is 2. The van der Waals surface area contributed by atoms with Crippen LogP contribution >= 0.6 is 11.3 Å². The number of halogens is 1. The van der Waals surface area contributed by atoms with E-state index >= 15 is 0 Å². The monoisotopic (exact) mass is 524 g/mol. The van der Waals surface area contributed by atoms with Crippen LogP contribution in [0.5, 0.6) is 0 Å². The van der Waals surface area contributed by atoms with Gasteiger partial charge in [-0.05, 0) is 37.3 Å². The van der Waals surface area contributed by atoms with Gasteiger partial charge < -0.3 is 26.4 Å². The minimum absolute atomic E-state index is 0.0292. The first kappa shape index (κ1) is 24.9. The van der Waals surface area contributed by atoms with Gasteiger partial charge in [-0.15, -0.1) is 16.4 Å². The molecule has 6 N–H and O–H groups in total. The largest absolute Gasteiger partial charge is 0.396 e. The lowest BCUT2D eigenvalue weighted by Gasteiger charge is -2.38.